The molecule has 6 heteroatoms. The molecule has 0 radical (unpaired) electrons. The van der Waals surface area contributed by atoms with Crippen molar-refractivity contribution in [2.24, 2.45) is 11.8 Å². The molecule has 4 rings (SSSR count). The second-order valence-electron chi connectivity index (χ2n) is 7.09. The van der Waals surface area contributed by atoms with Crippen molar-refractivity contribution in [2.75, 3.05) is 29.9 Å². The lowest BCUT2D eigenvalue weighted by atomic mass is 9.96. The van der Waals surface area contributed by atoms with Gasteiger partial charge in [-0.05, 0) is 43.4 Å². The summed E-state index contributed by atoms with van der Waals surface area (Å²) in [6, 6.07) is 8.22. The number of nitrogens with zero attached hydrogens (tertiary/aromatic N) is 1. The molecule has 3 aliphatic rings. The first kappa shape index (κ1) is 17.3. The second-order valence-corrected chi connectivity index (χ2v) is 9.81. The van der Waals surface area contributed by atoms with E-state index in [0.29, 0.717) is 11.1 Å². The van der Waals surface area contributed by atoms with Crippen molar-refractivity contribution >= 4 is 41.0 Å². The molecule has 25 heavy (non-hydrogen) atoms. The van der Waals surface area contributed by atoms with Gasteiger partial charge in [-0.3, -0.25) is 9.59 Å². The molecule has 2 saturated heterocycles. The first-order valence-corrected chi connectivity index (χ1v) is 11.2. The van der Waals surface area contributed by atoms with Crippen molar-refractivity contribution in [3.8, 4) is 0 Å². The third kappa shape index (κ3) is 4.17. The van der Waals surface area contributed by atoms with Crippen molar-refractivity contribution in [1.82, 2.24) is 4.90 Å². The van der Waals surface area contributed by atoms with Crippen LogP contribution < -0.4 is 5.32 Å². The van der Waals surface area contributed by atoms with Gasteiger partial charge in [0.1, 0.15) is 0 Å². The summed E-state index contributed by atoms with van der Waals surface area (Å²) in [7, 11) is 0. The number of rotatable bonds is 4. The number of anilines is 1. The molecule has 1 aromatic rings. The van der Waals surface area contributed by atoms with E-state index in [1.54, 1.807) is 0 Å². The topological polar surface area (TPSA) is 49.4 Å². The molecule has 1 aromatic carbocycles. The fourth-order valence-corrected chi connectivity index (χ4v) is 6.38. The third-order valence-electron chi connectivity index (χ3n) is 5.08. The van der Waals surface area contributed by atoms with Gasteiger partial charge < -0.3 is 10.2 Å². The first-order valence-electron chi connectivity index (χ1n) is 9.13. The average Bonchev–Trinajstić information content (AvgIpc) is 3.35. The molecule has 1 unspecified atom stereocenters. The summed E-state index contributed by atoms with van der Waals surface area (Å²) in [5.74, 6) is 2.85. The number of carbonyl (C=O) groups is 2. The molecule has 1 aliphatic carbocycles. The lowest BCUT2D eigenvalue weighted by molar-refractivity contribution is -0.135. The van der Waals surface area contributed by atoms with Gasteiger partial charge in [0.25, 0.3) is 0 Å². The number of thioether (sulfide) groups is 2. The molecule has 134 valence electrons. The predicted molar refractivity (Wildman–Crippen MR) is 105 cm³/mol. The van der Waals surface area contributed by atoms with E-state index in [2.05, 4.69) is 17.4 Å². The van der Waals surface area contributed by atoms with Gasteiger partial charge >= 0.3 is 0 Å². The Labute approximate surface area is 157 Å². The lowest BCUT2D eigenvalue weighted by Crippen LogP contribution is -2.44. The molecular formula is C19H24N2O2S2. The van der Waals surface area contributed by atoms with Gasteiger partial charge in [0.15, 0.2) is 0 Å². The van der Waals surface area contributed by atoms with Crippen molar-refractivity contribution in [1.29, 1.82) is 0 Å². The number of hydrogen-bond donors (Lipinski definition) is 1. The normalized spacial score (nSPS) is 24.3. The third-order valence-corrected chi connectivity index (χ3v) is 8.18. The number of nitrogens with one attached hydrogen (secondary N) is 1. The summed E-state index contributed by atoms with van der Waals surface area (Å²) in [6.07, 6.45) is 3.84. The summed E-state index contributed by atoms with van der Waals surface area (Å²) >= 11 is 3.94. The standard InChI is InChI=1S/C19H24N2O2S2/c22-17(15-4-2-8-21(12-15)18(23)13-6-7-13)20-16-5-1-3-14(11-16)19-24-9-10-25-19/h1,3,5,11,13,15,19H,2,4,6-10,12H2,(H,20,22). The highest BCUT2D eigenvalue weighted by Crippen LogP contribution is 2.45. The SMILES string of the molecule is O=C(Nc1cccc(C2SCCS2)c1)C1CCCN(C(=O)C2CC2)C1. The van der Waals surface area contributed by atoms with Crippen LogP contribution in [0.25, 0.3) is 0 Å². The van der Waals surface area contributed by atoms with Crippen LogP contribution in [-0.2, 0) is 9.59 Å². The molecule has 0 aromatic heterocycles. The number of piperidine rings is 1. The largest absolute Gasteiger partial charge is 0.342 e. The summed E-state index contributed by atoms with van der Waals surface area (Å²) < 4.78 is 0.484. The first-order chi connectivity index (χ1) is 12.2. The van der Waals surface area contributed by atoms with Crippen LogP contribution in [0.2, 0.25) is 0 Å². The minimum atomic E-state index is -0.0877. The van der Waals surface area contributed by atoms with Crippen molar-refractivity contribution in [3.05, 3.63) is 29.8 Å². The van der Waals surface area contributed by atoms with Gasteiger partial charge in [0.05, 0.1) is 10.5 Å². The Balaban J connectivity index is 1.37. The fourth-order valence-electron chi connectivity index (χ4n) is 3.54. The maximum absolute atomic E-state index is 12.7. The molecule has 1 N–H and O–H groups in total. The predicted octanol–water partition coefficient (Wildman–Crippen LogP) is 3.75. The minimum Gasteiger partial charge on any atom is -0.342 e. The molecule has 0 bridgehead atoms. The van der Waals surface area contributed by atoms with E-state index in [1.165, 1.54) is 17.1 Å². The Hall–Kier alpha value is -1.14. The fraction of sp³-hybridized carbons (Fsp3) is 0.579. The van der Waals surface area contributed by atoms with Gasteiger partial charge in [-0.2, -0.15) is 0 Å². The number of likely N-dealkylation sites (tertiary alicyclic amines) is 1. The summed E-state index contributed by atoms with van der Waals surface area (Å²) in [6.45, 7) is 1.39. The summed E-state index contributed by atoms with van der Waals surface area (Å²) in [5, 5.41) is 3.08. The highest BCUT2D eigenvalue weighted by atomic mass is 32.2. The molecule has 1 atom stereocenters. The van der Waals surface area contributed by atoms with E-state index in [1.807, 2.05) is 40.6 Å². The summed E-state index contributed by atoms with van der Waals surface area (Å²) in [5.41, 5.74) is 2.15. The van der Waals surface area contributed by atoms with Crippen LogP contribution in [0, 0.1) is 11.8 Å². The van der Waals surface area contributed by atoms with Gasteiger partial charge in [-0.1, -0.05) is 12.1 Å². The van der Waals surface area contributed by atoms with Crippen LogP contribution >= 0.6 is 23.5 Å². The monoisotopic (exact) mass is 376 g/mol. The van der Waals surface area contributed by atoms with E-state index < -0.39 is 0 Å². The zero-order valence-corrected chi connectivity index (χ0v) is 15.9. The Morgan fingerprint density at radius 1 is 1.08 bits per heavy atom. The summed E-state index contributed by atoms with van der Waals surface area (Å²) in [4.78, 5) is 26.9. The number of carbonyl (C=O) groups excluding carboxylic acids is 2. The van der Waals surface area contributed by atoms with E-state index >= 15 is 0 Å². The van der Waals surface area contributed by atoms with Crippen LogP contribution in [0.15, 0.2) is 24.3 Å². The zero-order chi connectivity index (χ0) is 17.2. The molecule has 2 amide bonds. The number of amides is 2. The molecule has 1 saturated carbocycles. The highest BCUT2D eigenvalue weighted by Gasteiger charge is 2.36. The maximum atomic E-state index is 12.7. The minimum absolute atomic E-state index is 0.0529. The van der Waals surface area contributed by atoms with Crippen molar-refractivity contribution in [3.63, 3.8) is 0 Å². The van der Waals surface area contributed by atoms with Crippen LogP contribution in [0.5, 0.6) is 0 Å². The Bertz CT molecular complexity index is 657. The Morgan fingerprint density at radius 3 is 2.64 bits per heavy atom. The lowest BCUT2D eigenvalue weighted by Gasteiger charge is -2.32. The van der Waals surface area contributed by atoms with E-state index in [-0.39, 0.29) is 23.7 Å². The molecule has 0 spiro atoms. The van der Waals surface area contributed by atoms with Gasteiger partial charge in [0, 0.05) is 36.2 Å². The van der Waals surface area contributed by atoms with Crippen LogP contribution in [0.1, 0.15) is 35.8 Å². The van der Waals surface area contributed by atoms with Crippen LogP contribution in [0.3, 0.4) is 0 Å². The molecule has 4 nitrogen and oxygen atoms in total. The number of benzene rings is 1. The van der Waals surface area contributed by atoms with Gasteiger partial charge in [-0.25, -0.2) is 0 Å². The second kappa shape index (κ2) is 7.62. The Morgan fingerprint density at radius 2 is 1.88 bits per heavy atom. The van der Waals surface area contributed by atoms with Crippen molar-refractivity contribution < 1.29 is 9.59 Å². The van der Waals surface area contributed by atoms with Crippen molar-refractivity contribution in [2.45, 2.75) is 30.3 Å². The highest BCUT2D eigenvalue weighted by molar-refractivity contribution is 8.19. The zero-order valence-electron chi connectivity index (χ0n) is 14.3. The number of hydrogen-bond acceptors (Lipinski definition) is 4. The molecule has 2 aliphatic heterocycles. The van der Waals surface area contributed by atoms with Gasteiger partial charge in [-0.15, -0.1) is 23.5 Å². The molecular weight excluding hydrogens is 352 g/mol. The smallest absolute Gasteiger partial charge is 0.229 e. The average molecular weight is 377 g/mol. The van der Waals surface area contributed by atoms with Crippen LogP contribution in [0.4, 0.5) is 5.69 Å². The van der Waals surface area contributed by atoms with E-state index in [9.17, 15) is 9.59 Å². The van der Waals surface area contributed by atoms with Crippen LogP contribution in [-0.4, -0.2) is 41.3 Å². The maximum Gasteiger partial charge on any atom is 0.229 e. The molecule has 2 heterocycles. The quantitative estimate of drug-likeness (QED) is 0.869. The molecule has 3 fully saturated rings. The van der Waals surface area contributed by atoms with Gasteiger partial charge in [0.2, 0.25) is 11.8 Å². The van der Waals surface area contributed by atoms with E-state index in [0.717, 1.165) is 37.9 Å². The van der Waals surface area contributed by atoms with E-state index in [4.69, 9.17) is 0 Å². The Kier molecular flexibility index (Phi) is 5.27.